The molecule has 3 N–H and O–H groups in total. The van der Waals surface area contributed by atoms with E-state index in [4.69, 9.17) is 4.99 Å². The number of rotatable bonds is 7. The standard InChI is InChI=1S/C22H31N7/c1-3-20-27-21-12-11-17(15-29(21)28-20)26-22(23-4-2)24-13-7-8-16-14-25-19-10-6-5-9-18(16)19/h5-6,9-10,14,17,25H,3-4,7-8,11-13,15H2,1-2H3,(H2,23,24,26). The fraction of sp³-hybridized carbons (Fsp3) is 0.500. The highest BCUT2D eigenvalue weighted by Gasteiger charge is 2.22. The van der Waals surface area contributed by atoms with Crippen LogP contribution in [0.15, 0.2) is 35.5 Å². The monoisotopic (exact) mass is 393 g/mol. The van der Waals surface area contributed by atoms with E-state index in [1.807, 2.05) is 0 Å². The highest BCUT2D eigenvalue weighted by molar-refractivity contribution is 5.83. The van der Waals surface area contributed by atoms with Crippen molar-refractivity contribution in [3.05, 3.63) is 47.7 Å². The van der Waals surface area contributed by atoms with E-state index in [0.717, 1.165) is 69.3 Å². The van der Waals surface area contributed by atoms with Gasteiger partial charge in [0.15, 0.2) is 11.8 Å². The van der Waals surface area contributed by atoms with Gasteiger partial charge in [0.25, 0.3) is 0 Å². The first-order valence-corrected chi connectivity index (χ1v) is 10.8. The zero-order valence-electron chi connectivity index (χ0n) is 17.4. The number of nitrogens with one attached hydrogen (secondary N) is 3. The van der Waals surface area contributed by atoms with Gasteiger partial charge in [-0.25, -0.2) is 9.67 Å². The number of para-hydroxylation sites is 1. The van der Waals surface area contributed by atoms with E-state index < -0.39 is 0 Å². The maximum atomic E-state index is 4.80. The first-order chi connectivity index (χ1) is 14.3. The van der Waals surface area contributed by atoms with Gasteiger partial charge in [-0.05, 0) is 37.8 Å². The molecule has 3 aromatic rings. The molecule has 2 aromatic heterocycles. The molecular weight excluding hydrogens is 362 g/mol. The van der Waals surface area contributed by atoms with E-state index >= 15 is 0 Å². The van der Waals surface area contributed by atoms with Gasteiger partial charge in [0, 0.05) is 49.1 Å². The summed E-state index contributed by atoms with van der Waals surface area (Å²) in [5.41, 5.74) is 2.57. The smallest absolute Gasteiger partial charge is 0.191 e. The molecule has 0 saturated heterocycles. The van der Waals surface area contributed by atoms with Crippen LogP contribution in [0.4, 0.5) is 0 Å². The van der Waals surface area contributed by atoms with Crippen LogP contribution < -0.4 is 10.6 Å². The highest BCUT2D eigenvalue weighted by Crippen LogP contribution is 2.19. The number of aryl methyl sites for hydroxylation is 3. The molecule has 4 rings (SSSR count). The third-order valence-electron chi connectivity index (χ3n) is 5.45. The van der Waals surface area contributed by atoms with Gasteiger partial charge in [0.1, 0.15) is 5.82 Å². The average molecular weight is 394 g/mol. The fourth-order valence-electron chi connectivity index (χ4n) is 3.94. The summed E-state index contributed by atoms with van der Waals surface area (Å²) >= 11 is 0. The number of fused-ring (bicyclic) bond motifs is 2. The largest absolute Gasteiger partial charge is 0.361 e. The SMILES string of the molecule is CCNC(=NCCCc1c[nH]c2ccccc12)NC1CCc2nc(CC)nn2C1. The molecule has 1 atom stereocenters. The molecule has 154 valence electrons. The molecule has 0 saturated carbocycles. The van der Waals surface area contributed by atoms with Gasteiger partial charge in [0.2, 0.25) is 0 Å². The summed E-state index contributed by atoms with van der Waals surface area (Å²) in [7, 11) is 0. The minimum absolute atomic E-state index is 0.334. The van der Waals surface area contributed by atoms with Crippen molar-refractivity contribution < 1.29 is 0 Å². The van der Waals surface area contributed by atoms with Gasteiger partial charge in [-0.3, -0.25) is 4.99 Å². The number of aromatic nitrogens is 4. The van der Waals surface area contributed by atoms with Gasteiger partial charge < -0.3 is 15.6 Å². The number of benzene rings is 1. The number of guanidine groups is 1. The van der Waals surface area contributed by atoms with Gasteiger partial charge in [-0.2, -0.15) is 5.10 Å². The van der Waals surface area contributed by atoms with Gasteiger partial charge in [0.05, 0.1) is 6.54 Å². The molecule has 1 aromatic carbocycles. The molecular formula is C22H31N7. The first kappa shape index (κ1) is 19.5. The van der Waals surface area contributed by atoms with Crippen LogP contribution in [0.3, 0.4) is 0 Å². The molecule has 0 fully saturated rings. The van der Waals surface area contributed by atoms with Crippen LogP contribution >= 0.6 is 0 Å². The maximum Gasteiger partial charge on any atom is 0.191 e. The maximum absolute atomic E-state index is 4.80. The second-order valence-corrected chi connectivity index (χ2v) is 7.58. The van der Waals surface area contributed by atoms with Crippen molar-refractivity contribution in [3.63, 3.8) is 0 Å². The Morgan fingerprint density at radius 1 is 1.31 bits per heavy atom. The van der Waals surface area contributed by atoms with Crippen LogP contribution in [-0.2, 0) is 25.8 Å². The van der Waals surface area contributed by atoms with Crippen LogP contribution in [-0.4, -0.2) is 44.8 Å². The Balaban J connectivity index is 1.32. The zero-order chi connectivity index (χ0) is 20.1. The third kappa shape index (κ3) is 4.60. The summed E-state index contributed by atoms with van der Waals surface area (Å²) in [6.45, 7) is 6.71. The Hall–Kier alpha value is -2.83. The number of aliphatic imine (C=N–C) groups is 1. The highest BCUT2D eigenvalue weighted by atomic mass is 15.4. The second kappa shape index (κ2) is 9.11. The molecule has 3 heterocycles. The molecule has 1 aliphatic rings. The number of aromatic amines is 1. The van der Waals surface area contributed by atoms with Crippen molar-refractivity contribution in [2.45, 2.75) is 58.5 Å². The lowest BCUT2D eigenvalue weighted by Crippen LogP contribution is -2.47. The molecule has 0 bridgehead atoms. The van der Waals surface area contributed by atoms with Crippen molar-refractivity contribution in [3.8, 4) is 0 Å². The summed E-state index contributed by atoms with van der Waals surface area (Å²) in [6.07, 6.45) is 7.08. The predicted molar refractivity (Wildman–Crippen MR) is 117 cm³/mol. The predicted octanol–water partition coefficient (Wildman–Crippen LogP) is 2.82. The quantitative estimate of drug-likeness (QED) is 0.327. The molecule has 0 amide bonds. The molecule has 0 radical (unpaired) electrons. The topological polar surface area (TPSA) is 82.9 Å². The number of hydrogen-bond donors (Lipinski definition) is 3. The minimum Gasteiger partial charge on any atom is -0.361 e. The minimum atomic E-state index is 0.334. The lowest BCUT2D eigenvalue weighted by atomic mass is 10.1. The van der Waals surface area contributed by atoms with Crippen LogP contribution in [0.5, 0.6) is 0 Å². The molecule has 1 unspecified atom stereocenters. The van der Waals surface area contributed by atoms with Crippen molar-refractivity contribution >= 4 is 16.9 Å². The lowest BCUT2D eigenvalue weighted by Gasteiger charge is -2.25. The lowest BCUT2D eigenvalue weighted by molar-refractivity contribution is 0.392. The van der Waals surface area contributed by atoms with Crippen molar-refractivity contribution in [2.75, 3.05) is 13.1 Å². The normalized spacial score (nSPS) is 16.8. The molecule has 0 spiro atoms. The van der Waals surface area contributed by atoms with E-state index in [1.165, 1.54) is 16.5 Å². The van der Waals surface area contributed by atoms with Crippen LogP contribution in [0.2, 0.25) is 0 Å². The van der Waals surface area contributed by atoms with Crippen LogP contribution in [0, 0.1) is 0 Å². The Labute approximate surface area is 172 Å². The molecule has 7 heteroatoms. The van der Waals surface area contributed by atoms with E-state index in [0.29, 0.717) is 6.04 Å². The molecule has 0 aliphatic carbocycles. The summed E-state index contributed by atoms with van der Waals surface area (Å²) in [5.74, 6) is 2.95. The number of hydrogen-bond acceptors (Lipinski definition) is 3. The van der Waals surface area contributed by atoms with Gasteiger partial charge >= 0.3 is 0 Å². The second-order valence-electron chi connectivity index (χ2n) is 7.58. The Kier molecular flexibility index (Phi) is 6.12. The van der Waals surface area contributed by atoms with Crippen LogP contribution in [0.1, 0.15) is 43.9 Å². The summed E-state index contributed by atoms with van der Waals surface area (Å²) in [6, 6.07) is 8.80. The third-order valence-corrected chi connectivity index (χ3v) is 5.45. The van der Waals surface area contributed by atoms with E-state index in [2.05, 4.69) is 74.7 Å². The summed E-state index contributed by atoms with van der Waals surface area (Å²) < 4.78 is 2.06. The molecule has 7 nitrogen and oxygen atoms in total. The number of H-pyrrole nitrogens is 1. The van der Waals surface area contributed by atoms with E-state index in [9.17, 15) is 0 Å². The average Bonchev–Trinajstić information content (AvgIpc) is 3.34. The Morgan fingerprint density at radius 2 is 2.21 bits per heavy atom. The fourth-order valence-corrected chi connectivity index (χ4v) is 3.94. The number of nitrogens with zero attached hydrogens (tertiary/aromatic N) is 4. The Bertz CT molecular complexity index is 969. The van der Waals surface area contributed by atoms with Gasteiger partial charge in [-0.1, -0.05) is 25.1 Å². The van der Waals surface area contributed by atoms with Crippen molar-refractivity contribution in [1.29, 1.82) is 0 Å². The summed E-state index contributed by atoms with van der Waals surface area (Å²) in [5, 5.41) is 12.9. The Morgan fingerprint density at radius 3 is 3.07 bits per heavy atom. The molecule has 29 heavy (non-hydrogen) atoms. The molecule has 1 aliphatic heterocycles. The van der Waals surface area contributed by atoms with Gasteiger partial charge in [-0.15, -0.1) is 0 Å². The van der Waals surface area contributed by atoms with Crippen molar-refractivity contribution in [2.24, 2.45) is 4.99 Å². The summed E-state index contributed by atoms with van der Waals surface area (Å²) in [4.78, 5) is 12.8. The van der Waals surface area contributed by atoms with E-state index in [-0.39, 0.29) is 0 Å². The first-order valence-electron chi connectivity index (χ1n) is 10.8. The van der Waals surface area contributed by atoms with Crippen molar-refractivity contribution in [1.82, 2.24) is 30.4 Å². The van der Waals surface area contributed by atoms with Crippen LogP contribution in [0.25, 0.3) is 10.9 Å². The van der Waals surface area contributed by atoms with E-state index in [1.54, 1.807) is 0 Å². The zero-order valence-corrected chi connectivity index (χ0v) is 17.4.